The van der Waals surface area contributed by atoms with Gasteiger partial charge in [-0.25, -0.2) is 0 Å². The first-order chi connectivity index (χ1) is 15.0. The van der Waals surface area contributed by atoms with E-state index in [1.165, 1.54) is 0 Å². The van der Waals surface area contributed by atoms with Gasteiger partial charge in [-0.2, -0.15) is 0 Å². The van der Waals surface area contributed by atoms with Crippen LogP contribution in [0.3, 0.4) is 0 Å². The summed E-state index contributed by atoms with van der Waals surface area (Å²) in [5, 5.41) is 3.14. The van der Waals surface area contributed by atoms with Crippen LogP contribution in [0, 0.1) is 5.92 Å². The number of hydrogen-bond acceptors (Lipinski definition) is 3. The third-order valence-electron chi connectivity index (χ3n) is 5.95. The molecule has 0 atom stereocenters. The molecular weight excluding hydrogens is 456 g/mol. The minimum Gasteiger partial charge on any atom is -0.488 e. The fraction of sp³-hybridized carbons (Fsp3) is 0.440. The summed E-state index contributed by atoms with van der Waals surface area (Å²) in [7, 11) is 0. The van der Waals surface area contributed by atoms with Gasteiger partial charge in [-0.05, 0) is 43.9 Å². The third kappa shape index (κ3) is 6.10. The lowest BCUT2D eigenvalue weighted by molar-refractivity contribution is -0.136. The molecule has 2 aromatic carbocycles. The van der Waals surface area contributed by atoms with E-state index in [0.29, 0.717) is 31.0 Å². The minimum atomic E-state index is -0.132. The fourth-order valence-electron chi connectivity index (χ4n) is 3.95. The van der Waals surface area contributed by atoms with Gasteiger partial charge in [0.15, 0.2) is 0 Å². The van der Waals surface area contributed by atoms with Crippen molar-refractivity contribution in [1.29, 1.82) is 0 Å². The van der Waals surface area contributed by atoms with E-state index in [4.69, 9.17) is 4.74 Å². The first-order valence-electron chi connectivity index (χ1n) is 11.1. The van der Waals surface area contributed by atoms with Gasteiger partial charge in [0.2, 0.25) is 5.91 Å². The maximum absolute atomic E-state index is 12.9. The molecule has 1 aliphatic heterocycles. The number of likely N-dealkylation sites (tertiary alicyclic amines) is 1. The van der Waals surface area contributed by atoms with Gasteiger partial charge in [-0.1, -0.05) is 60.1 Å². The van der Waals surface area contributed by atoms with Crippen molar-refractivity contribution in [2.75, 3.05) is 13.1 Å². The predicted octanol–water partition coefficient (Wildman–Crippen LogP) is 5.19. The Hall–Kier alpha value is -2.34. The molecule has 5 nitrogen and oxygen atoms in total. The highest BCUT2D eigenvalue weighted by atomic mass is 79.9. The Morgan fingerprint density at radius 2 is 1.71 bits per heavy atom. The van der Waals surface area contributed by atoms with Crippen molar-refractivity contribution in [3.63, 3.8) is 0 Å². The van der Waals surface area contributed by atoms with Gasteiger partial charge >= 0.3 is 0 Å². The number of rotatable bonds is 8. The van der Waals surface area contributed by atoms with Crippen molar-refractivity contribution in [3.8, 4) is 5.75 Å². The van der Waals surface area contributed by atoms with E-state index in [1.54, 1.807) is 6.07 Å². The van der Waals surface area contributed by atoms with Crippen molar-refractivity contribution >= 4 is 27.7 Å². The number of nitrogens with one attached hydrogen (secondary N) is 1. The lowest BCUT2D eigenvalue weighted by Gasteiger charge is -2.34. The van der Waals surface area contributed by atoms with Gasteiger partial charge < -0.3 is 15.0 Å². The summed E-state index contributed by atoms with van der Waals surface area (Å²) in [4.78, 5) is 27.5. The van der Waals surface area contributed by atoms with Crippen LogP contribution in [0.5, 0.6) is 5.75 Å². The molecule has 1 fully saturated rings. The van der Waals surface area contributed by atoms with E-state index < -0.39 is 0 Å². The van der Waals surface area contributed by atoms with Crippen molar-refractivity contribution in [3.05, 3.63) is 64.1 Å². The summed E-state index contributed by atoms with van der Waals surface area (Å²) >= 11 is 3.53. The van der Waals surface area contributed by atoms with Crippen LogP contribution in [-0.2, 0) is 11.4 Å². The number of para-hydroxylation sites is 1. The molecule has 0 spiro atoms. The molecular formula is C25H31BrN2O3. The van der Waals surface area contributed by atoms with Crippen molar-refractivity contribution in [2.24, 2.45) is 5.92 Å². The molecule has 1 saturated heterocycles. The number of halogens is 1. The molecule has 2 aromatic rings. The summed E-state index contributed by atoms with van der Waals surface area (Å²) in [5.74, 6) is 0.796. The maximum Gasteiger partial charge on any atom is 0.255 e. The number of amides is 2. The first-order valence-corrected chi connectivity index (χ1v) is 11.9. The average Bonchev–Trinajstić information content (AvgIpc) is 2.80. The number of ether oxygens (including phenoxy) is 1. The molecule has 1 N–H and O–H groups in total. The zero-order chi connectivity index (χ0) is 22.2. The predicted molar refractivity (Wildman–Crippen MR) is 126 cm³/mol. The number of benzene rings is 2. The van der Waals surface area contributed by atoms with Crippen molar-refractivity contribution in [2.45, 2.75) is 52.2 Å². The zero-order valence-electron chi connectivity index (χ0n) is 18.3. The largest absolute Gasteiger partial charge is 0.488 e. The molecule has 0 bridgehead atoms. The van der Waals surface area contributed by atoms with Crippen molar-refractivity contribution < 1.29 is 14.3 Å². The van der Waals surface area contributed by atoms with Crippen LogP contribution in [0.25, 0.3) is 0 Å². The van der Waals surface area contributed by atoms with E-state index in [1.807, 2.05) is 47.4 Å². The van der Waals surface area contributed by atoms with Gasteiger partial charge in [0, 0.05) is 35.1 Å². The Kier molecular flexibility index (Phi) is 8.52. The van der Waals surface area contributed by atoms with E-state index in [-0.39, 0.29) is 23.8 Å². The SMILES string of the molecule is CCC(CC)C(=O)N1CCC(NC(=O)c2ccccc2OCc2ccccc2Br)CC1. The molecule has 166 valence electrons. The molecule has 0 radical (unpaired) electrons. The highest BCUT2D eigenvalue weighted by molar-refractivity contribution is 9.10. The second-order valence-corrected chi connectivity index (χ2v) is 8.82. The average molecular weight is 487 g/mol. The first kappa shape index (κ1) is 23.3. The molecule has 0 aromatic heterocycles. The van der Waals surface area contributed by atoms with Gasteiger partial charge in [0.25, 0.3) is 5.91 Å². The molecule has 3 rings (SSSR count). The van der Waals surface area contributed by atoms with Crippen LogP contribution in [0.15, 0.2) is 53.0 Å². The van der Waals surface area contributed by atoms with Crippen LogP contribution in [0.1, 0.15) is 55.5 Å². The van der Waals surface area contributed by atoms with Gasteiger partial charge in [0.05, 0.1) is 5.56 Å². The molecule has 1 heterocycles. The standard InChI is InChI=1S/C25H31BrN2O3/c1-3-18(4-2)25(30)28-15-13-20(14-16-28)27-24(29)21-10-6-8-12-23(21)31-17-19-9-5-7-11-22(19)26/h5-12,18,20H,3-4,13-17H2,1-2H3,(H,27,29). The second kappa shape index (κ2) is 11.3. The maximum atomic E-state index is 12.9. The van der Waals surface area contributed by atoms with Gasteiger partial charge in [0.1, 0.15) is 12.4 Å². The van der Waals surface area contributed by atoms with E-state index in [2.05, 4.69) is 35.1 Å². The van der Waals surface area contributed by atoms with Crippen LogP contribution in [-0.4, -0.2) is 35.8 Å². The smallest absolute Gasteiger partial charge is 0.255 e. The summed E-state index contributed by atoms with van der Waals surface area (Å²) in [5.41, 5.74) is 1.55. The number of nitrogens with zero attached hydrogens (tertiary/aromatic N) is 1. The van der Waals surface area contributed by atoms with Gasteiger partial charge in [-0.3, -0.25) is 9.59 Å². The molecule has 31 heavy (non-hydrogen) atoms. The number of carbonyl (C=O) groups is 2. The Balaban J connectivity index is 1.57. The summed E-state index contributed by atoms with van der Waals surface area (Å²) in [6.07, 6.45) is 3.31. The number of hydrogen-bond donors (Lipinski definition) is 1. The highest BCUT2D eigenvalue weighted by Gasteiger charge is 2.27. The second-order valence-electron chi connectivity index (χ2n) is 7.96. The van der Waals surface area contributed by atoms with E-state index in [0.717, 1.165) is 35.7 Å². The third-order valence-corrected chi connectivity index (χ3v) is 6.72. The van der Waals surface area contributed by atoms with E-state index >= 15 is 0 Å². The van der Waals surface area contributed by atoms with Crippen molar-refractivity contribution in [1.82, 2.24) is 10.2 Å². The van der Waals surface area contributed by atoms with Gasteiger partial charge in [-0.15, -0.1) is 0 Å². The molecule has 2 amide bonds. The molecule has 0 unspecified atom stereocenters. The molecule has 0 saturated carbocycles. The normalized spacial score (nSPS) is 14.5. The summed E-state index contributed by atoms with van der Waals surface area (Å²) in [6.45, 7) is 5.90. The van der Waals surface area contributed by atoms with Crippen LogP contribution in [0.4, 0.5) is 0 Å². The Morgan fingerprint density at radius 1 is 1.06 bits per heavy atom. The molecule has 1 aliphatic rings. The van der Waals surface area contributed by atoms with Crippen LogP contribution >= 0.6 is 15.9 Å². The Morgan fingerprint density at radius 3 is 2.39 bits per heavy atom. The number of piperidine rings is 1. The Bertz CT molecular complexity index is 890. The van der Waals surface area contributed by atoms with Crippen LogP contribution < -0.4 is 10.1 Å². The monoisotopic (exact) mass is 486 g/mol. The minimum absolute atomic E-state index is 0.0644. The number of carbonyl (C=O) groups excluding carboxylic acids is 2. The lowest BCUT2D eigenvalue weighted by atomic mass is 9.98. The Labute approximate surface area is 193 Å². The highest BCUT2D eigenvalue weighted by Crippen LogP contribution is 2.23. The topological polar surface area (TPSA) is 58.6 Å². The summed E-state index contributed by atoms with van der Waals surface area (Å²) < 4.78 is 6.95. The quantitative estimate of drug-likeness (QED) is 0.558. The fourth-order valence-corrected chi connectivity index (χ4v) is 4.35. The van der Waals surface area contributed by atoms with E-state index in [9.17, 15) is 9.59 Å². The molecule has 0 aliphatic carbocycles. The lowest BCUT2D eigenvalue weighted by Crippen LogP contribution is -2.48. The zero-order valence-corrected chi connectivity index (χ0v) is 19.9. The molecule has 6 heteroatoms. The van der Waals surface area contributed by atoms with Crippen LogP contribution in [0.2, 0.25) is 0 Å². The summed E-state index contributed by atoms with van der Waals surface area (Å²) in [6, 6.07) is 15.3.